The van der Waals surface area contributed by atoms with E-state index in [9.17, 15) is 31.1 Å². The van der Waals surface area contributed by atoms with Gasteiger partial charge in [-0.05, 0) is 25.5 Å². The molecule has 0 unspecified atom stereocenters. The molecule has 1 fully saturated rings. The Kier molecular flexibility index (Phi) is 5.55. The van der Waals surface area contributed by atoms with Crippen molar-refractivity contribution in [3.8, 4) is 0 Å². The Morgan fingerprint density at radius 3 is 2.47 bits per heavy atom. The van der Waals surface area contributed by atoms with Crippen molar-refractivity contribution in [2.45, 2.75) is 44.3 Å². The maximum Gasteiger partial charge on any atom is 0.433 e. The summed E-state index contributed by atoms with van der Waals surface area (Å²) < 4.78 is 86.7. The van der Waals surface area contributed by atoms with Crippen LogP contribution >= 0.6 is 0 Å². The molecule has 13 heteroatoms. The van der Waals surface area contributed by atoms with E-state index in [1.165, 1.54) is 6.07 Å². The van der Waals surface area contributed by atoms with Gasteiger partial charge >= 0.3 is 12.4 Å². The fraction of sp³-hybridized carbons (Fsp3) is 0.526. The average molecular weight is 463 g/mol. The highest BCUT2D eigenvalue weighted by Gasteiger charge is 2.48. The Hall–Kier alpha value is -2.83. The van der Waals surface area contributed by atoms with Gasteiger partial charge in [-0.3, -0.25) is 14.3 Å². The maximum absolute atomic E-state index is 13.9. The molecule has 4 heterocycles. The largest absolute Gasteiger partial charge is 0.433 e. The molecule has 0 aromatic carbocycles. The van der Waals surface area contributed by atoms with Gasteiger partial charge in [0.2, 0.25) is 5.95 Å². The topological polar surface area (TPSA) is 63.5 Å². The summed E-state index contributed by atoms with van der Waals surface area (Å²) in [5, 5.41) is 0. The normalized spacial score (nSPS) is 22.1. The second kappa shape index (κ2) is 7.94. The van der Waals surface area contributed by atoms with E-state index in [4.69, 9.17) is 4.74 Å². The summed E-state index contributed by atoms with van der Waals surface area (Å²) >= 11 is 0. The first-order chi connectivity index (χ1) is 15.0. The van der Waals surface area contributed by atoms with Crippen molar-refractivity contribution in [3.63, 3.8) is 0 Å². The third kappa shape index (κ3) is 4.12. The first-order valence-corrected chi connectivity index (χ1v) is 9.82. The number of hydrogen-bond acceptors (Lipinski definition) is 6. The predicted molar refractivity (Wildman–Crippen MR) is 102 cm³/mol. The highest BCUT2D eigenvalue weighted by atomic mass is 19.4. The molecule has 0 bridgehead atoms. The van der Waals surface area contributed by atoms with E-state index in [0.29, 0.717) is 32.0 Å². The van der Waals surface area contributed by atoms with Crippen molar-refractivity contribution in [2.75, 3.05) is 29.6 Å². The van der Waals surface area contributed by atoms with Crippen molar-refractivity contribution < 1.29 is 31.1 Å². The Balaban J connectivity index is 1.84. The van der Waals surface area contributed by atoms with E-state index in [0.717, 1.165) is 15.5 Å². The quantitative estimate of drug-likeness (QED) is 0.637. The summed E-state index contributed by atoms with van der Waals surface area (Å²) in [6, 6.07) is 0.517. The van der Waals surface area contributed by atoms with Crippen LogP contribution in [0.25, 0.3) is 0 Å². The SMILES string of the molecule is C[C@@H]1COCCN1c1cc(=O)n2c(n1)N(c1ccc(C(F)(F)F)nc1)[C@H](C(F)(F)F)CC2. The van der Waals surface area contributed by atoms with E-state index in [1.807, 2.05) is 6.92 Å². The molecule has 0 radical (unpaired) electrons. The van der Waals surface area contributed by atoms with Crippen LogP contribution in [0.1, 0.15) is 19.0 Å². The fourth-order valence-corrected chi connectivity index (χ4v) is 3.91. The average Bonchev–Trinajstić information content (AvgIpc) is 2.72. The van der Waals surface area contributed by atoms with Crippen LogP contribution in [0.4, 0.5) is 43.8 Å². The summed E-state index contributed by atoms with van der Waals surface area (Å²) in [5.41, 5.74) is -2.02. The van der Waals surface area contributed by atoms with E-state index >= 15 is 0 Å². The molecule has 4 rings (SSSR count). The lowest BCUT2D eigenvalue weighted by Crippen LogP contribution is -2.51. The summed E-state index contributed by atoms with van der Waals surface area (Å²) in [6.07, 6.45) is -9.20. The van der Waals surface area contributed by atoms with Crippen molar-refractivity contribution in [1.82, 2.24) is 14.5 Å². The van der Waals surface area contributed by atoms with Crippen LogP contribution in [0.2, 0.25) is 0 Å². The molecule has 7 nitrogen and oxygen atoms in total. The minimum atomic E-state index is -4.74. The van der Waals surface area contributed by atoms with Gasteiger partial charge in [-0.2, -0.15) is 31.3 Å². The molecule has 32 heavy (non-hydrogen) atoms. The number of alkyl halides is 6. The van der Waals surface area contributed by atoms with E-state index in [2.05, 4.69) is 9.97 Å². The summed E-state index contributed by atoms with van der Waals surface area (Å²) in [4.78, 5) is 22.9. The molecule has 2 aromatic rings. The molecule has 2 aliphatic rings. The van der Waals surface area contributed by atoms with Crippen LogP contribution in [0.15, 0.2) is 29.2 Å². The Morgan fingerprint density at radius 2 is 1.88 bits per heavy atom. The van der Waals surface area contributed by atoms with Crippen molar-refractivity contribution in [2.24, 2.45) is 0 Å². The highest BCUT2D eigenvalue weighted by molar-refractivity contribution is 5.61. The van der Waals surface area contributed by atoms with Crippen molar-refractivity contribution in [3.05, 3.63) is 40.4 Å². The van der Waals surface area contributed by atoms with E-state index < -0.39 is 36.1 Å². The van der Waals surface area contributed by atoms with E-state index in [-0.39, 0.29) is 30.0 Å². The number of halogens is 6. The zero-order valence-corrected chi connectivity index (χ0v) is 16.8. The minimum absolute atomic E-state index is 0.165. The van der Waals surface area contributed by atoms with Crippen LogP contribution < -0.4 is 15.4 Å². The van der Waals surface area contributed by atoms with Crippen molar-refractivity contribution >= 4 is 17.5 Å². The lowest BCUT2D eigenvalue weighted by Gasteiger charge is -2.40. The Bertz CT molecular complexity index is 1040. The molecule has 2 aromatic heterocycles. The molecule has 0 N–H and O–H groups in total. The molecule has 2 atom stereocenters. The van der Waals surface area contributed by atoms with Gasteiger partial charge in [-0.15, -0.1) is 0 Å². The zero-order valence-electron chi connectivity index (χ0n) is 16.8. The predicted octanol–water partition coefficient (Wildman–Crippen LogP) is 3.35. The number of rotatable bonds is 2. The van der Waals surface area contributed by atoms with Gasteiger partial charge in [-0.1, -0.05) is 0 Å². The third-order valence-electron chi connectivity index (χ3n) is 5.48. The number of ether oxygens (including phenoxy) is 1. The van der Waals surface area contributed by atoms with Gasteiger partial charge in [-0.25, -0.2) is 4.98 Å². The van der Waals surface area contributed by atoms with Gasteiger partial charge in [0.1, 0.15) is 17.6 Å². The van der Waals surface area contributed by atoms with Gasteiger partial charge in [0.05, 0.1) is 31.1 Å². The molecule has 0 aliphatic carbocycles. The number of nitrogens with zero attached hydrogens (tertiary/aromatic N) is 5. The van der Waals surface area contributed by atoms with Crippen LogP contribution in [-0.2, 0) is 17.5 Å². The first-order valence-electron chi connectivity index (χ1n) is 9.82. The lowest BCUT2D eigenvalue weighted by molar-refractivity contribution is -0.150. The molecular formula is C19H19F6N5O2. The maximum atomic E-state index is 13.9. The molecule has 174 valence electrons. The Morgan fingerprint density at radius 1 is 1.12 bits per heavy atom. The van der Waals surface area contributed by atoms with Crippen molar-refractivity contribution in [1.29, 1.82) is 0 Å². The second-order valence-corrected chi connectivity index (χ2v) is 7.64. The number of aromatic nitrogens is 3. The number of morpholine rings is 1. The summed E-state index contributed by atoms with van der Waals surface area (Å²) in [5.74, 6) is -0.105. The van der Waals surface area contributed by atoms with Gasteiger partial charge in [0.25, 0.3) is 5.56 Å². The standard InChI is InChI=1S/C19H19F6N5O2/c1-11-10-32-7-6-28(11)15-8-16(31)29-5-4-14(19(23,24)25)30(17(29)27-15)12-2-3-13(26-9-12)18(20,21)22/h2-3,8-9,11,14H,4-7,10H2,1H3/t11-,14+/m1/s1. The number of anilines is 3. The smallest absolute Gasteiger partial charge is 0.377 e. The van der Waals surface area contributed by atoms with Crippen LogP contribution in [-0.4, -0.2) is 52.6 Å². The number of hydrogen-bond donors (Lipinski definition) is 0. The molecule has 0 spiro atoms. The first kappa shape index (κ1) is 22.4. The van der Waals surface area contributed by atoms with Gasteiger partial charge in [0.15, 0.2) is 0 Å². The number of pyridine rings is 1. The molecule has 0 amide bonds. The van der Waals surface area contributed by atoms with E-state index in [1.54, 1.807) is 4.90 Å². The zero-order chi connectivity index (χ0) is 23.3. The number of fused-ring (bicyclic) bond motifs is 1. The van der Waals surface area contributed by atoms with Gasteiger partial charge in [0, 0.05) is 19.2 Å². The molecule has 1 saturated heterocycles. The summed E-state index contributed by atoms with van der Waals surface area (Å²) in [6.45, 7) is 2.71. The highest BCUT2D eigenvalue weighted by Crippen LogP contribution is 2.40. The van der Waals surface area contributed by atoms with Gasteiger partial charge < -0.3 is 9.64 Å². The van der Waals surface area contributed by atoms with Crippen LogP contribution in [0.3, 0.4) is 0 Å². The Labute approximate surface area is 178 Å². The third-order valence-corrected chi connectivity index (χ3v) is 5.48. The second-order valence-electron chi connectivity index (χ2n) is 7.64. The fourth-order valence-electron chi connectivity index (χ4n) is 3.91. The monoisotopic (exact) mass is 463 g/mol. The molecule has 2 aliphatic heterocycles. The van der Waals surface area contributed by atoms with Crippen LogP contribution in [0, 0.1) is 0 Å². The molecular weight excluding hydrogens is 444 g/mol. The summed E-state index contributed by atoms with van der Waals surface area (Å²) in [7, 11) is 0. The molecule has 0 saturated carbocycles. The lowest BCUT2D eigenvalue weighted by atomic mass is 10.1. The van der Waals surface area contributed by atoms with Crippen LogP contribution in [0.5, 0.6) is 0 Å². The minimum Gasteiger partial charge on any atom is -0.377 e.